The quantitative estimate of drug-likeness (QED) is 0.762. The van der Waals surface area contributed by atoms with Crippen LogP contribution in [0.2, 0.25) is 0 Å². The molecule has 0 aromatic rings. The summed E-state index contributed by atoms with van der Waals surface area (Å²) in [4.78, 5) is 10.7. The molecule has 1 aliphatic rings. The summed E-state index contributed by atoms with van der Waals surface area (Å²) in [5, 5.41) is 8.81. The fourth-order valence-corrected chi connectivity index (χ4v) is 1.84. The van der Waals surface area contributed by atoms with Gasteiger partial charge in [0.2, 0.25) is 0 Å². The van der Waals surface area contributed by atoms with Crippen LogP contribution in [0, 0.1) is 5.92 Å². The molecule has 0 aliphatic heterocycles. The SMILES string of the molecule is CC(C)=C(OC1C=CC(C(=O)O)=CC1)C(C)C. The van der Waals surface area contributed by atoms with E-state index in [-0.39, 0.29) is 6.10 Å². The second-order valence-corrected chi connectivity index (χ2v) is 4.73. The molecule has 1 N–H and O–H groups in total. The van der Waals surface area contributed by atoms with Gasteiger partial charge in [-0.1, -0.05) is 19.9 Å². The zero-order valence-electron chi connectivity index (χ0n) is 10.9. The summed E-state index contributed by atoms with van der Waals surface area (Å²) >= 11 is 0. The van der Waals surface area contributed by atoms with Crippen molar-refractivity contribution in [1.82, 2.24) is 0 Å². The number of hydrogen-bond donors (Lipinski definition) is 1. The molecule has 0 heterocycles. The van der Waals surface area contributed by atoms with E-state index in [0.29, 0.717) is 17.9 Å². The van der Waals surface area contributed by atoms with Crippen LogP contribution in [0.4, 0.5) is 0 Å². The molecule has 0 fully saturated rings. The Bertz CT molecular complexity index is 382. The highest BCUT2D eigenvalue weighted by molar-refractivity contribution is 5.90. The Morgan fingerprint density at radius 3 is 2.47 bits per heavy atom. The van der Waals surface area contributed by atoms with Crippen molar-refractivity contribution in [1.29, 1.82) is 0 Å². The van der Waals surface area contributed by atoms with Crippen molar-refractivity contribution in [2.75, 3.05) is 0 Å². The minimum atomic E-state index is -0.883. The second-order valence-electron chi connectivity index (χ2n) is 4.73. The summed E-state index contributed by atoms with van der Waals surface area (Å²) < 4.78 is 5.90. The number of hydrogen-bond acceptors (Lipinski definition) is 2. The van der Waals surface area contributed by atoms with Crippen molar-refractivity contribution in [3.63, 3.8) is 0 Å². The van der Waals surface area contributed by atoms with Gasteiger partial charge in [0, 0.05) is 12.3 Å². The van der Waals surface area contributed by atoms with E-state index in [2.05, 4.69) is 13.8 Å². The van der Waals surface area contributed by atoms with Crippen LogP contribution in [0.3, 0.4) is 0 Å². The first-order chi connectivity index (χ1) is 7.91. The predicted molar refractivity (Wildman–Crippen MR) is 67.6 cm³/mol. The third kappa shape index (κ3) is 3.77. The first-order valence-electron chi connectivity index (χ1n) is 5.87. The van der Waals surface area contributed by atoms with E-state index in [4.69, 9.17) is 9.84 Å². The first kappa shape index (κ1) is 13.6. The van der Waals surface area contributed by atoms with Gasteiger partial charge in [-0.3, -0.25) is 0 Å². The lowest BCUT2D eigenvalue weighted by atomic mass is 10.0. The zero-order valence-corrected chi connectivity index (χ0v) is 10.9. The molecule has 0 aromatic carbocycles. The lowest BCUT2D eigenvalue weighted by Gasteiger charge is -2.23. The summed E-state index contributed by atoms with van der Waals surface area (Å²) in [6.07, 6.45) is 5.69. The maximum absolute atomic E-state index is 10.7. The zero-order chi connectivity index (χ0) is 13.0. The summed E-state index contributed by atoms with van der Waals surface area (Å²) in [6, 6.07) is 0. The van der Waals surface area contributed by atoms with Crippen molar-refractivity contribution in [2.45, 2.75) is 40.2 Å². The fraction of sp³-hybridized carbons (Fsp3) is 0.500. The normalized spacial score (nSPS) is 18.9. The van der Waals surface area contributed by atoms with Crippen molar-refractivity contribution in [3.05, 3.63) is 35.1 Å². The standard InChI is InChI=1S/C14H20O3/c1-9(2)13(10(3)4)17-12-7-5-11(6-8-12)14(15)16/h5-7,9,12H,8H2,1-4H3,(H,15,16). The van der Waals surface area contributed by atoms with Gasteiger partial charge in [-0.25, -0.2) is 4.79 Å². The maximum Gasteiger partial charge on any atom is 0.335 e. The molecule has 17 heavy (non-hydrogen) atoms. The van der Waals surface area contributed by atoms with Gasteiger partial charge in [-0.15, -0.1) is 0 Å². The fourth-order valence-electron chi connectivity index (χ4n) is 1.84. The van der Waals surface area contributed by atoms with Crippen LogP contribution in [0.5, 0.6) is 0 Å². The number of allylic oxidation sites excluding steroid dienone is 2. The third-order valence-corrected chi connectivity index (χ3v) is 2.60. The summed E-state index contributed by atoms with van der Waals surface area (Å²) in [5.74, 6) is 0.455. The minimum absolute atomic E-state index is 0.0506. The average Bonchev–Trinajstić information content (AvgIpc) is 2.25. The molecule has 0 bridgehead atoms. The van der Waals surface area contributed by atoms with E-state index in [0.717, 1.165) is 5.76 Å². The van der Waals surface area contributed by atoms with E-state index >= 15 is 0 Å². The highest BCUT2D eigenvalue weighted by Gasteiger charge is 2.16. The molecule has 0 radical (unpaired) electrons. The summed E-state index contributed by atoms with van der Waals surface area (Å²) in [5.41, 5.74) is 1.51. The number of carboxylic acid groups (broad SMARTS) is 1. The van der Waals surface area contributed by atoms with Crippen molar-refractivity contribution >= 4 is 5.97 Å². The molecule has 1 unspecified atom stereocenters. The molecular weight excluding hydrogens is 216 g/mol. The van der Waals surface area contributed by atoms with Crippen LogP contribution in [0.15, 0.2) is 35.1 Å². The van der Waals surface area contributed by atoms with Crippen molar-refractivity contribution in [2.24, 2.45) is 5.92 Å². The molecule has 0 saturated carbocycles. The maximum atomic E-state index is 10.7. The van der Waals surface area contributed by atoms with Crippen LogP contribution in [0.25, 0.3) is 0 Å². The smallest absolute Gasteiger partial charge is 0.335 e. The molecule has 3 nitrogen and oxygen atoms in total. The Labute approximate surface area is 102 Å². The number of ether oxygens (including phenoxy) is 1. The Morgan fingerprint density at radius 1 is 1.47 bits per heavy atom. The first-order valence-corrected chi connectivity index (χ1v) is 5.87. The molecule has 1 aliphatic carbocycles. The Kier molecular flexibility index (Phi) is 4.55. The minimum Gasteiger partial charge on any atom is -0.490 e. The molecule has 1 atom stereocenters. The number of carboxylic acids is 1. The van der Waals surface area contributed by atoms with E-state index < -0.39 is 5.97 Å². The molecule has 1 rings (SSSR count). The Hall–Kier alpha value is -1.51. The van der Waals surface area contributed by atoms with Gasteiger partial charge in [-0.05, 0) is 31.6 Å². The van der Waals surface area contributed by atoms with Crippen LogP contribution in [0.1, 0.15) is 34.1 Å². The molecule has 3 heteroatoms. The third-order valence-electron chi connectivity index (χ3n) is 2.60. The molecule has 0 aromatic heterocycles. The van der Waals surface area contributed by atoms with E-state index in [1.165, 1.54) is 5.57 Å². The molecular formula is C14H20O3. The molecule has 0 saturated heterocycles. The summed E-state index contributed by atoms with van der Waals surface area (Å²) in [6.45, 7) is 8.24. The molecule has 94 valence electrons. The number of aliphatic carboxylic acids is 1. The van der Waals surface area contributed by atoms with E-state index in [1.807, 2.05) is 19.9 Å². The number of rotatable bonds is 4. The molecule has 0 amide bonds. The lowest BCUT2D eigenvalue weighted by Crippen LogP contribution is -2.16. The van der Waals surface area contributed by atoms with Crippen LogP contribution >= 0.6 is 0 Å². The van der Waals surface area contributed by atoms with Crippen LogP contribution in [-0.2, 0) is 9.53 Å². The van der Waals surface area contributed by atoms with E-state index in [9.17, 15) is 4.79 Å². The summed E-state index contributed by atoms with van der Waals surface area (Å²) in [7, 11) is 0. The van der Waals surface area contributed by atoms with Gasteiger partial charge in [0.15, 0.2) is 0 Å². The van der Waals surface area contributed by atoms with Gasteiger partial charge < -0.3 is 9.84 Å². The second kappa shape index (κ2) is 5.71. The molecule has 0 spiro atoms. The van der Waals surface area contributed by atoms with Gasteiger partial charge >= 0.3 is 5.97 Å². The highest BCUT2D eigenvalue weighted by atomic mass is 16.5. The Morgan fingerprint density at radius 2 is 2.12 bits per heavy atom. The van der Waals surface area contributed by atoms with Crippen molar-refractivity contribution in [3.8, 4) is 0 Å². The predicted octanol–water partition coefficient (Wildman–Crippen LogP) is 3.29. The van der Waals surface area contributed by atoms with Gasteiger partial charge in [0.05, 0.1) is 11.3 Å². The van der Waals surface area contributed by atoms with Crippen molar-refractivity contribution < 1.29 is 14.6 Å². The Balaban J connectivity index is 2.67. The van der Waals surface area contributed by atoms with Crippen LogP contribution in [-0.4, -0.2) is 17.2 Å². The van der Waals surface area contributed by atoms with E-state index in [1.54, 1.807) is 12.2 Å². The van der Waals surface area contributed by atoms with Crippen LogP contribution < -0.4 is 0 Å². The van der Waals surface area contributed by atoms with Gasteiger partial charge in [0.25, 0.3) is 0 Å². The highest BCUT2D eigenvalue weighted by Crippen LogP contribution is 2.22. The van der Waals surface area contributed by atoms with Gasteiger partial charge in [-0.2, -0.15) is 0 Å². The lowest BCUT2D eigenvalue weighted by molar-refractivity contribution is -0.132. The average molecular weight is 236 g/mol. The monoisotopic (exact) mass is 236 g/mol. The topological polar surface area (TPSA) is 46.5 Å². The largest absolute Gasteiger partial charge is 0.490 e. The number of carbonyl (C=O) groups is 1. The van der Waals surface area contributed by atoms with Gasteiger partial charge in [0.1, 0.15) is 6.10 Å².